The van der Waals surface area contributed by atoms with Gasteiger partial charge in [-0.2, -0.15) is 10.4 Å². The molecular weight excluding hydrogens is 410 g/mol. The van der Waals surface area contributed by atoms with Crippen molar-refractivity contribution in [3.05, 3.63) is 64.6 Å². The highest BCUT2D eigenvalue weighted by Gasteiger charge is 2.15. The number of aromatic amines is 1. The zero-order chi connectivity index (χ0) is 21.5. The summed E-state index contributed by atoms with van der Waals surface area (Å²) < 4.78 is 32.6. The number of benzene rings is 2. The van der Waals surface area contributed by atoms with Crippen LogP contribution in [0, 0.1) is 11.3 Å². The fourth-order valence-corrected chi connectivity index (χ4v) is 3.04. The molecule has 11 heteroatoms. The molecule has 10 nitrogen and oxygen atoms in total. The summed E-state index contributed by atoms with van der Waals surface area (Å²) in [6, 6.07) is 14.9. The summed E-state index contributed by atoms with van der Waals surface area (Å²) >= 11 is -2.33. The Labute approximate surface area is 173 Å². The van der Waals surface area contributed by atoms with Crippen LogP contribution < -0.4 is 10.3 Å². The van der Waals surface area contributed by atoms with E-state index in [1.165, 1.54) is 30.0 Å². The fraction of sp³-hybridized carbons (Fsp3) is 0.158. The van der Waals surface area contributed by atoms with Crippen molar-refractivity contribution in [2.24, 2.45) is 10.2 Å². The molecule has 1 heterocycles. The number of nitriles is 1. The molecule has 0 aliphatic heterocycles. The normalized spacial score (nSPS) is 12.0. The van der Waals surface area contributed by atoms with Crippen molar-refractivity contribution in [3.63, 3.8) is 0 Å². The second-order valence-corrected chi connectivity index (χ2v) is 6.78. The Bertz CT molecular complexity index is 1180. The summed E-state index contributed by atoms with van der Waals surface area (Å²) in [6.45, 7) is 0.520. The molecule has 0 radical (unpaired) electrons. The Balaban J connectivity index is 1.93. The van der Waals surface area contributed by atoms with E-state index in [1.54, 1.807) is 30.3 Å². The molecule has 0 aliphatic rings. The maximum atomic E-state index is 12.7. The van der Waals surface area contributed by atoms with Crippen LogP contribution in [0.25, 0.3) is 5.69 Å². The summed E-state index contributed by atoms with van der Waals surface area (Å²) in [5.41, 5.74) is -0.0308. The zero-order valence-electron chi connectivity index (χ0n) is 15.8. The van der Waals surface area contributed by atoms with Crippen LogP contribution in [0.2, 0.25) is 0 Å². The number of H-pyrrole nitrogens is 1. The monoisotopic (exact) mass is 427 g/mol. The Morgan fingerprint density at radius 2 is 1.97 bits per heavy atom. The average Bonchev–Trinajstić information content (AvgIpc) is 3.09. The van der Waals surface area contributed by atoms with Crippen molar-refractivity contribution in [2.45, 2.75) is 4.90 Å². The Hall–Kier alpha value is -3.59. The smallest absolute Gasteiger partial charge is 0.300 e. The lowest BCUT2D eigenvalue weighted by Crippen LogP contribution is -2.13. The maximum absolute atomic E-state index is 12.7. The van der Waals surface area contributed by atoms with E-state index in [9.17, 15) is 18.8 Å². The van der Waals surface area contributed by atoms with Gasteiger partial charge in [-0.3, -0.25) is 9.89 Å². The standard InChI is InChI=1S/C19H17N5O5S/c1-28-9-10-29-16-8-7-13(11-17(16)30(26)27)21-22-18-15(12-20)23-24(19(18)25)14-5-3-2-4-6-14/h2-8,11,23H,9-10H2,1H3,(H,26,27). The number of aromatic nitrogens is 2. The molecule has 0 spiro atoms. The Morgan fingerprint density at radius 3 is 2.63 bits per heavy atom. The highest BCUT2D eigenvalue weighted by Crippen LogP contribution is 2.28. The molecule has 1 unspecified atom stereocenters. The molecule has 3 aromatic rings. The van der Waals surface area contributed by atoms with E-state index in [1.807, 2.05) is 6.07 Å². The van der Waals surface area contributed by atoms with Gasteiger partial charge in [-0.15, -0.1) is 5.11 Å². The fourth-order valence-electron chi connectivity index (χ4n) is 2.52. The Morgan fingerprint density at radius 1 is 1.20 bits per heavy atom. The van der Waals surface area contributed by atoms with E-state index < -0.39 is 16.6 Å². The molecule has 1 atom stereocenters. The van der Waals surface area contributed by atoms with Gasteiger partial charge < -0.3 is 14.0 Å². The zero-order valence-corrected chi connectivity index (χ0v) is 16.6. The van der Waals surface area contributed by atoms with Crippen molar-refractivity contribution >= 4 is 22.5 Å². The van der Waals surface area contributed by atoms with Gasteiger partial charge in [-0.05, 0) is 30.3 Å². The predicted octanol–water partition coefficient (Wildman–Crippen LogP) is 3.06. The van der Waals surface area contributed by atoms with Crippen LogP contribution in [0.3, 0.4) is 0 Å². The summed E-state index contributed by atoms with van der Waals surface area (Å²) in [6.07, 6.45) is 0. The molecule has 0 aliphatic carbocycles. The number of hydrogen-bond donors (Lipinski definition) is 2. The van der Waals surface area contributed by atoms with Gasteiger partial charge in [-0.1, -0.05) is 18.2 Å². The second kappa shape index (κ2) is 9.75. The van der Waals surface area contributed by atoms with E-state index in [-0.39, 0.29) is 34.3 Å². The first-order chi connectivity index (χ1) is 14.5. The van der Waals surface area contributed by atoms with Crippen molar-refractivity contribution in [2.75, 3.05) is 20.3 Å². The molecule has 0 saturated carbocycles. The minimum Gasteiger partial charge on any atom is -0.490 e. The number of nitrogens with one attached hydrogen (secondary N) is 1. The molecule has 30 heavy (non-hydrogen) atoms. The lowest BCUT2D eigenvalue weighted by Gasteiger charge is -2.09. The van der Waals surface area contributed by atoms with E-state index in [4.69, 9.17) is 9.47 Å². The lowest BCUT2D eigenvalue weighted by atomic mass is 10.3. The number of methoxy groups -OCH3 is 1. The minimum absolute atomic E-state index is 0.00109. The number of rotatable bonds is 8. The van der Waals surface area contributed by atoms with Gasteiger partial charge in [0.1, 0.15) is 23.3 Å². The molecule has 2 aromatic carbocycles. The van der Waals surface area contributed by atoms with Crippen molar-refractivity contribution in [1.29, 1.82) is 5.26 Å². The molecule has 1 aromatic heterocycles. The SMILES string of the molecule is COCCOc1ccc(N=Nc2c(C#N)[nH]n(-c3ccccc3)c2=O)cc1S(=O)O. The first kappa shape index (κ1) is 21.1. The topological polar surface area (TPSA) is 142 Å². The highest BCUT2D eigenvalue weighted by molar-refractivity contribution is 7.79. The number of ether oxygens (including phenoxy) is 2. The van der Waals surface area contributed by atoms with E-state index in [2.05, 4.69) is 15.3 Å². The minimum atomic E-state index is -2.33. The van der Waals surface area contributed by atoms with Crippen molar-refractivity contribution in [1.82, 2.24) is 9.78 Å². The lowest BCUT2D eigenvalue weighted by molar-refractivity contribution is 0.144. The van der Waals surface area contributed by atoms with Crippen LogP contribution in [-0.4, -0.2) is 38.9 Å². The summed E-state index contributed by atoms with van der Waals surface area (Å²) in [5, 5.41) is 19.9. The summed E-state index contributed by atoms with van der Waals surface area (Å²) in [7, 11) is 1.51. The molecule has 3 rings (SSSR count). The molecule has 154 valence electrons. The third-order valence-corrected chi connectivity index (χ3v) is 4.61. The molecule has 0 amide bonds. The van der Waals surface area contributed by atoms with Gasteiger partial charge in [0.15, 0.2) is 22.5 Å². The van der Waals surface area contributed by atoms with Crippen LogP contribution in [-0.2, 0) is 15.8 Å². The quantitative estimate of drug-likeness (QED) is 0.321. The number of hydrogen-bond acceptors (Lipinski definition) is 7. The van der Waals surface area contributed by atoms with Gasteiger partial charge in [-0.25, -0.2) is 8.89 Å². The van der Waals surface area contributed by atoms with Crippen LogP contribution in [0.4, 0.5) is 11.4 Å². The highest BCUT2D eigenvalue weighted by atomic mass is 32.2. The molecule has 0 bridgehead atoms. The summed E-state index contributed by atoms with van der Waals surface area (Å²) in [4.78, 5) is 12.7. The number of nitrogens with zero attached hydrogens (tertiary/aromatic N) is 4. The van der Waals surface area contributed by atoms with E-state index in [0.717, 1.165) is 0 Å². The first-order valence-electron chi connectivity index (χ1n) is 8.64. The van der Waals surface area contributed by atoms with Gasteiger partial charge in [0, 0.05) is 7.11 Å². The van der Waals surface area contributed by atoms with Gasteiger partial charge in [0.05, 0.1) is 18.0 Å². The second-order valence-electron chi connectivity index (χ2n) is 5.84. The third-order valence-electron chi connectivity index (χ3n) is 3.92. The third kappa shape index (κ3) is 4.69. The molecule has 0 saturated heterocycles. The van der Waals surface area contributed by atoms with Crippen molar-refractivity contribution < 1.29 is 18.2 Å². The number of azo groups is 1. The van der Waals surface area contributed by atoms with Gasteiger partial charge >= 0.3 is 0 Å². The van der Waals surface area contributed by atoms with Crippen molar-refractivity contribution in [3.8, 4) is 17.5 Å². The predicted molar refractivity (Wildman–Crippen MR) is 108 cm³/mol. The maximum Gasteiger partial charge on any atom is 0.300 e. The molecular formula is C19H17N5O5S. The van der Waals surface area contributed by atoms with Gasteiger partial charge in [0.2, 0.25) is 0 Å². The van der Waals surface area contributed by atoms with Crippen LogP contribution in [0.1, 0.15) is 5.69 Å². The average molecular weight is 427 g/mol. The van der Waals surface area contributed by atoms with E-state index in [0.29, 0.717) is 12.3 Å². The van der Waals surface area contributed by atoms with Gasteiger partial charge in [0.25, 0.3) is 5.56 Å². The Kier molecular flexibility index (Phi) is 6.87. The largest absolute Gasteiger partial charge is 0.490 e. The number of para-hydroxylation sites is 1. The van der Waals surface area contributed by atoms with Crippen LogP contribution in [0.15, 0.2) is 68.4 Å². The van der Waals surface area contributed by atoms with E-state index >= 15 is 0 Å². The van der Waals surface area contributed by atoms with Crippen LogP contribution in [0.5, 0.6) is 5.75 Å². The summed E-state index contributed by atoms with van der Waals surface area (Å²) in [5.74, 6) is 0.206. The van der Waals surface area contributed by atoms with Crippen LogP contribution >= 0.6 is 0 Å². The first-order valence-corrected chi connectivity index (χ1v) is 9.74. The molecule has 2 N–H and O–H groups in total. The molecule has 0 fully saturated rings.